The van der Waals surface area contributed by atoms with E-state index in [1.165, 1.54) is 31.5 Å². The highest BCUT2D eigenvalue weighted by molar-refractivity contribution is 5.31. The molecule has 1 N–H and O–H groups in total. The fraction of sp³-hybridized carbons (Fsp3) is 0.600. The molecule has 0 aliphatic carbocycles. The number of hydrogen-bond donors (Lipinski definition) is 1. The second kappa shape index (κ2) is 6.21. The molecule has 1 aromatic rings. The smallest absolute Gasteiger partial charge is 0.119 e. The standard InChI is InChI=1S/C15H24N2O/c1-16-15(13-7-5-9-17(2)11-13)12-6-4-8-14(10-12)18-3/h4,6,8,10,13,15-16H,5,7,9,11H2,1-3H3. The van der Waals surface area contributed by atoms with Crippen LogP contribution in [0.5, 0.6) is 5.75 Å². The molecule has 1 aromatic carbocycles. The van der Waals surface area contributed by atoms with Gasteiger partial charge in [-0.3, -0.25) is 0 Å². The minimum Gasteiger partial charge on any atom is -0.497 e. The Hall–Kier alpha value is -1.06. The highest BCUT2D eigenvalue weighted by Crippen LogP contribution is 2.30. The second-order valence-electron chi connectivity index (χ2n) is 5.21. The number of likely N-dealkylation sites (tertiary alicyclic amines) is 1. The summed E-state index contributed by atoms with van der Waals surface area (Å²) >= 11 is 0. The van der Waals surface area contributed by atoms with E-state index in [0.29, 0.717) is 12.0 Å². The number of hydrogen-bond acceptors (Lipinski definition) is 3. The number of rotatable bonds is 4. The summed E-state index contributed by atoms with van der Waals surface area (Å²) in [5.41, 5.74) is 1.33. The summed E-state index contributed by atoms with van der Waals surface area (Å²) in [4.78, 5) is 2.43. The van der Waals surface area contributed by atoms with Crippen LogP contribution in [-0.2, 0) is 0 Å². The molecular weight excluding hydrogens is 224 g/mol. The van der Waals surface area contributed by atoms with E-state index in [1.54, 1.807) is 7.11 Å². The Labute approximate surface area is 110 Å². The average Bonchev–Trinajstić information content (AvgIpc) is 2.40. The van der Waals surface area contributed by atoms with Crippen LogP contribution in [0.15, 0.2) is 24.3 Å². The van der Waals surface area contributed by atoms with Gasteiger partial charge in [-0.1, -0.05) is 12.1 Å². The molecule has 3 heteroatoms. The predicted molar refractivity (Wildman–Crippen MR) is 75.0 cm³/mol. The van der Waals surface area contributed by atoms with E-state index in [1.807, 2.05) is 6.07 Å². The van der Waals surface area contributed by atoms with Gasteiger partial charge in [0.05, 0.1) is 7.11 Å². The quantitative estimate of drug-likeness (QED) is 0.885. The molecule has 3 nitrogen and oxygen atoms in total. The molecule has 1 aliphatic heterocycles. The molecule has 2 atom stereocenters. The van der Waals surface area contributed by atoms with E-state index in [0.717, 1.165) is 5.75 Å². The third-order valence-corrected chi connectivity index (χ3v) is 3.90. The maximum absolute atomic E-state index is 5.32. The van der Waals surface area contributed by atoms with Gasteiger partial charge in [-0.2, -0.15) is 0 Å². The first-order chi connectivity index (χ1) is 8.74. The first-order valence-electron chi connectivity index (χ1n) is 6.74. The highest BCUT2D eigenvalue weighted by atomic mass is 16.5. The molecule has 2 rings (SSSR count). The molecule has 1 fully saturated rings. The Balaban J connectivity index is 2.16. The summed E-state index contributed by atoms with van der Waals surface area (Å²) in [6.07, 6.45) is 2.59. The third kappa shape index (κ3) is 3.03. The van der Waals surface area contributed by atoms with Crippen molar-refractivity contribution in [1.82, 2.24) is 10.2 Å². The van der Waals surface area contributed by atoms with Crippen molar-refractivity contribution < 1.29 is 4.74 Å². The normalized spacial score (nSPS) is 22.7. The zero-order chi connectivity index (χ0) is 13.0. The number of nitrogens with zero attached hydrogens (tertiary/aromatic N) is 1. The van der Waals surface area contributed by atoms with E-state index in [-0.39, 0.29) is 0 Å². The van der Waals surface area contributed by atoms with Crippen molar-refractivity contribution >= 4 is 0 Å². The molecule has 18 heavy (non-hydrogen) atoms. The molecule has 1 saturated heterocycles. The number of ether oxygens (including phenoxy) is 1. The van der Waals surface area contributed by atoms with Crippen molar-refractivity contribution in [2.24, 2.45) is 5.92 Å². The average molecular weight is 248 g/mol. The van der Waals surface area contributed by atoms with Gasteiger partial charge in [-0.15, -0.1) is 0 Å². The van der Waals surface area contributed by atoms with Crippen LogP contribution in [0.2, 0.25) is 0 Å². The lowest BCUT2D eigenvalue weighted by Gasteiger charge is -2.35. The zero-order valence-electron chi connectivity index (χ0n) is 11.6. The highest BCUT2D eigenvalue weighted by Gasteiger charge is 2.26. The molecule has 100 valence electrons. The van der Waals surface area contributed by atoms with Crippen molar-refractivity contribution in [2.45, 2.75) is 18.9 Å². The van der Waals surface area contributed by atoms with Crippen LogP contribution in [0.1, 0.15) is 24.4 Å². The zero-order valence-corrected chi connectivity index (χ0v) is 11.6. The van der Waals surface area contributed by atoms with E-state index in [2.05, 4.69) is 42.5 Å². The molecule has 1 heterocycles. The Morgan fingerprint density at radius 2 is 2.28 bits per heavy atom. The van der Waals surface area contributed by atoms with E-state index < -0.39 is 0 Å². The van der Waals surface area contributed by atoms with Crippen molar-refractivity contribution in [3.63, 3.8) is 0 Å². The lowest BCUT2D eigenvalue weighted by molar-refractivity contribution is 0.177. The van der Waals surface area contributed by atoms with Crippen LogP contribution < -0.4 is 10.1 Å². The first kappa shape index (κ1) is 13.4. The minimum atomic E-state index is 0.419. The number of piperidine rings is 1. The number of nitrogens with one attached hydrogen (secondary N) is 1. The molecular formula is C15H24N2O. The van der Waals surface area contributed by atoms with Crippen molar-refractivity contribution in [2.75, 3.05) is 34.3 Å². The Kier molecular flexibility index (Phi) is 4.61. The molecule has 0 radical (unpaired) electrons. The summed E-state index contributed by atoms with van der Waals surface area (Å²) in [5, 5.41) is 3.48. The lowest BCUT2D eigenvalue weighted by atomic mass is 9.86. The molecule has 0 bridgehead atoms. The van der Waals surface area contributed by atoms with Gasteiger partial charge in [-0.25, -0.2) is 0 Å². The lowest BCUT2D eigenvalue weighted by Crippen LogP contribution is -2.38. The molecule has 0 aromatic heterocycles. The predicted octanol–water partition coefficient (Wildman–Crippen LogP) is 2.30. The fourth-order valence-electron chi connectivity index (χ4n) is 2.99. The van der Waals surface area contributed by atoms with Gasteiger partial charge < -0.3 is 15.0 Å². The maximum Gasteiger partial charge on any atom is 0.119 e. The van der Waals surface area contributed by atoms with Crippen molar-refractivity contribution in [3.05, 3.63) is 29.8 Å². The van der Waals surface area contributed by atoms with Crippen molar-refractivity contribution in [3.8, 4) is 5.75 Å². The third-order valence-electron chi connectivity index (χ3n) is 3.90. The minimum absolute atomic E-state index is 0.419. The summed E-state index contributed by atoms with van der Waals surface area (Å²) in [7, 11) is 5.99. The molecule has 2 unspecified atom stereocenters. The number of methoxy groups -OCH3 is 1. The molecule has 0 spiro atoms. The Morgan fingerprint density at radius 1 is 1.44 bits per heavy atom. The van der Waals surface area contributed by atoms with E-state index in [4.69, 9.17) is 4.74 Å². The van der Waals surface area contributed by atoms with Gasteiger partial charge in [0.15, 0.2) is 0 Å². The summed E-state index contributed by atoms with van der Waals surface area (Å²) in [6, 6.07) is 8.84. The maximum atomic E-state index is 5.32. The van der Waals surface area contributed by atoms with Crippen LogP contribution in [0.25, 0.3) is 0 Å². The summed E-state index contributed by atoms with van der Waals surface area (Å²) in [6.45, 7) is 2.40. The molecule has 0 amide bonds. The van der Waals surface area contributed by atoms with Crippen LogP contribution in [0.3, 0.4) is 0 Å². The first-order valence-corrected chi connectivity index (χ1v) is 6.74. The summed E-state index contributed by atoms with van der Waals surface area (Å²) < 4.78 is 5.32. The summed E-state index contributed by atoms with van der Waals surface area (Å²) in [5.74, 6) is 1.62. The molecule has 1 aliphatic rings. The molecule has 0 saturated carbocycles. The van der Waals surface area contributed by atoms with Crippen LogP contribution in [-0.4, -0.2) is 39.2 Å². The van der Waals surface area contributed by atoms with Gasteiger partial charge in [0.2, 0.25) is 0 Å². The van der Waals surface area contributed by atoms with E-state index >= 15 is 0 Å². The van der Waals surface area contributed by atoms with E-state index in [9.17, 15) is 0 Å². The second-order valence-corrected chi connectivity index (χ2v) is 5.21. The fourth-order valence-corrected chi connectivity index (χ4v) is 2.99. The van der Waals surface area contributed by atoms with Gasteiger partial charge >= 0.3 is 0 Å². The van der Waals surface area contributed by atoms with Gasteiger partial charge in [0.25, 0.3) is 0 Å². The Bertz CT molecular complexity index is 381. The van der Waals surface area contributed by atoms with Gasteiger partial charge in [0.1, 0.15) is 5.75 Å². The van der Waals surface area contributed by atoms with Gasteiger partial charge in [0, 0.05) is 12.6 Å². The monoisotopic (exact) mass is 248 g/mol. The van der Waals surface area contributed by atoms with Crippen LogP contribution >= 0.6 is 0 Å². The van der Waals surface area contributed by atoms with Crippen LogP contribution in [0, 0.1) is 5.92 Å². The van der Waals surface area contributed by atoms with Crippen molar-refractivity contribution in [1.29, 1.82) is 0 Å². The SMILES string of the molecule is CNC(c1cccc(OC)c1)C1CCCN(C)C1. The largest absolute Gasteiger partial charge is 0.497 e. The topological polar surface area (TPSA) is 24.5 Å². The van der Waals surface area contributed by atoms with Gasteiger partial charge in [-0.05, 0) is 57.1 Å². The van der Waals surface area contributed by atoms with Crippen LogP contribution in [0.4, 0.5) is 0 Å². The Morgan fingerprint density at radius 3 is 2.94 bits per heavy atom. The number of benzene rings is 1.